The molecule has 0 aliphatic heterocycles. The molecule has 0 spiro atoms. The van der Waals surface area contributed by atoms with Gasteiger partial charge >= 0.3 is 5.97 Å². The minimum atomic E-state index is -1.55. The molecule has 0 saturated heterocycles. The van der Waals surface area contributed by atoms with Gasteiger partial charge in [0, 0.05) is 10.5 Å². The third kappa shape index (κ3) is 2.45. The van der Waals surface area contributed by atoms with Crippen molar-refractivity contribution >= 4 is 17.7 Å². The van der Waals surface area contributed by atoms with Crippen LogP contribution in [-0.2, 0) is 4.79 Å². The summed E-state index contributed by atoms with van der Waals surface area (Å²) in [4.78, 5) is 10.6. The van der Waals surface area contributed by atoms with E-state index < -0.39 is 23.6 Å². The van der Waals surface area contributed by atoms with Gasteiger partial charge in [0.2, 0.25) is 0 Å². The number of carbonyl (C=O) groups is 1. The van der Waals surface area contributed by atoms with Crippen LogP contribution in [0.25, 0.3) is 0 Å². The number of thioether (sulfide) groups is 1. The molecule has 0 aliphatic carbocycles. The van der Waals surface area contributed by atoms with Crippen LogP contribution < -0.4 is 5.73 Å². The van der Waals surface area contributed by atoms with Crippen molar-refractivity contribution in [2.45, 2.75) is 10.9 Å². The molecular weight excluding hydrogens is 224 g/mol. The Morgan fingerprint density at radius 3 is 2.60 bits per heavy atom. The molecule has 0 heterocycles. The first-order chi connectivity index (χ1) is 6.97. The van der Waals surface area contributed by atoms with Crippen molar-refractivity contribution in [3.8, 4) is 0 Å². The Morgan fingerprint density at radius 1 is 1.53 bits per heavy atom. The third-order valence-corrected chi connectivity index (χ3v) is 2.59. The number of aliphatic carboxylic acids is 1. The zero-order valence-corrected chi connectivity index (χ0v) is 8.65. The SMILES string of the molecule is CSc1cc(F)cc(C(N)C(=O)O)c1F. The molecule has 3 nitrogen and oxygen atoms in total. The van der Waals surface area contributed by atoms with E-state index in [1.165, 1.54) is 0 Å². The van der Waals surface area contributed by atoms with E-state index in [2.05, 4.69) is 0 Å². The third-order valence-electron chi connectivity index (χ3n) is 1.85. The van der Waals surface area contributed by atoms with Crippen LogP contribution in [0, 0.1) is 11.6 Å². The van der Waals surface area contributed by atoms with Crippen molar-refractivity contribution in [2.24, 2.45) is 5.73 Å². The highest BCUT2D eigenvalue weighted by Crippen LogP contribution is 2.26. The number of carboxylic acids is 1. The maximum absolute atomic E-state index is 13.5. The van der Waals surface area contributed by atoms with Gasteiger partial charge in [-0.25, -0.2) is 8.78 Å². The lowest BCUT2D eigenvalue weighted by Crippen LogP contribution is -2.22. The summed E-state index contributed by atoms with van der Waals surface area (Å²) in [6.45, 7) is 0. The van der Waals surface area contributed by atoms with Gasteiger partial charge < -0.3 is 10.8 Å². The van der Waals surface area contributed by atoms with E-state index in [1.54, 1.807) is 6.26 Å². The van der Waals surface area contributed by atoms with Crippen LogP contribution in [0.3, 0.4) is 0 Å². The molecule has 0 saturated carbocycles. The van der Waals surface area contributed by atoms with Gasteiger partial charge in [0.15, 0.2) is 0 Å². The molecule has 0 bridgehead atoms. The summed E-state index contributed by atoms with van der Waals surface area (Å²) in [5.41, 5.74) is 4.87. The Labute approximate surface area is 89.3 Å². The average molecular weight is 233 g/mol. The molecule has 0 fully saturated rings. The van der Waals surface area contributed by atoms with Gasteiger partial charge in [-0.2, -0.15) is 0 Å². The van der Waals surface area contributed by atoms with E-state index >= 15 is 0 Å². The van der Waals surface area contributed by atoms with Crippen molar-refractivity contribution < 1.29 is 18.7 Å². The van der Waals surface area contributed by atoms with Gasteiger partial charge in [0.05, 0.1) is 0 Å². The highest BCUT2D eigenvalue weighted by Gasteiger charge is 2.21. The van der Waals surface area contributed by atoms with E-state index in [9.17, 15) is 13.6 Å². The summed E-state index contributed by atoms with van der Waals surface area (Å²) in [7, 11) is 0. The summed E-state index contributed by atoms with van der Waals surface area (Å²) < 4.78 is 26.5. The van der Waals surface area contributed by atoms with Crippen molar-refractivity contribution in [2.75, 3.05) is 6.26 Å². The summed E-state index contributed by atoms with van der Waals surface area (Å²) in [5.74, 6) is -2.88. The monoisotopic (exact) mass is 233 g/mol. The number of halogens is 2. The summed E-state index contributed by atoms with van der Waals surface area (Å²) in [6.07, 6.45) is 1.56. The maximum atomic E-state index is 13.5. The number of carboxylic acid groups (broad SMARTS) is 1. The summed E-state index contributed by atoms with van der Waals surface area (Å²) in [5, 5.41) is 8.59. The fourth-order valence-electron chi connectivity index (χ4n) is 1.09. The molecule has 0 aromatic heterocycles. The van der Waals surface area contributed by atoms with E-state index in [1.807, 2.05) is 0 Å². The van der Waals surface area contributed by atoms with E-state index in [0.717, 1.165) is 23.9 Å². The predicted molar refractivity (Wildman–Crippen MR) is 52.7 cm³/mol. The first kappa shape index (κ1) is 11.9. The summed E-state index contributed by atoms with van der Waals surface area (Å²) in [6, 6.07) is 0.248. The largest absolute Gasteiger partial charge is 0.480 e. The molecule has 6 heteroatoms. The van der Waals surface area contributed by atoms with Gasteiger partial charge in [0.1, 0.15) is 17.7 Å². The Morgan fingerprint density at radius 2 is 2.13 bits per heavy atom. The Bertz CT molecular complexity index is 398. The minimum Gasteiger partial charge on any atom is -0.480 e. The Kier molecular flexibility index (Phi) is 3.65. The Hall–Kier alpha value is -1.14. The van der Waals surface area contributed by atoms with Crippen molar-refractivity contribution in [1.29, 1.82) is 0 Å². The van der Waals surface area contributed by atoms with Crippen LogP contribution in [0.1, 0.15) is 11.6 Å². The zero-order chi connectivity index (χ0) is 11.6. The van der Waals surface area contributed by atoms with Crippen LogP contribution in [-0.4, -0.2) is 17.3 Å². The van der Waals surface area contributed by atoms with Crippen LogP contribution >= 0.6 is 11.8 Å². The molecule has 1 aromatic rings. The first-order valence-corrected chi connectivity index (χ1v) is 5.21. The second-order valence-corrected chi connectivity index (χ2v) is 3.68. The fourth-order valence-corrected chi connectivity index (χ4v) is 1.62. The quantitative estimate of drug-likeness (QED) is 0.781. The van der Waals surface area contributed by atoms with E-state index in [-0.39, 0.29) is 10.5 Å². The van der Waals surface area contributed by atoms with Crippen LogP contribution in [0.2, 0.25) is 0 Å². The average Bonchev–Trinajstić information content (AvgIpc) is 2.19. The summed E-state index contributed by atoms with van der Waals surface area (Å²) >= 11 is 0.989. The smallest absolute Gasteiger partial charge is 0.325 e. The molecule has 1 unspecified atom stereocenters. The lowest BCUT2D eigenvalue weighted by Gasteiger charge is -2.10. The lowest BCUT2D eigenvalue weighted by molar-refractivity contribution is -0.138. The van der Waals surface area contributed by atoms with Gasteiger partial charge in [-0.05, 0) is 18.4 Å². The first-order valence-electron chi connectivity index (χ1n) is 3.98. The van der Waals surface area contributed by atoms with Crippen LogP contribution in [0.5, 0.6) is 0 Å². The molecule has 0 amide bonds. The number of nitrogens with two attached hydrogens (primary N) is 1. The number of benzene rings is 1. The predicted octanol–water partition coefficient (Wildman–Crippen LogP) is 1.77. The lowest BCUT2D eigenvalue weighted by atomic mass is 10.1. The highest BCUT2D eigenvalue weighted by atomic mass is 32.2. The van der Waals surface area contributed by atoms with Crippen LogP contribution in [0.15, 0.2) is 17.0 Å². The van der Waals surface area contributed by atoms with E-state index in [0.29, 0.717) is 0 Å². The van der Waals surface area contributed by atoms with Gasteiger partial charge in [-0.1, -0.05) is 0 Å². The molecule has 3 N–H and O–H groups in total. The minimum absolute atomic E-state index is 0.0432. The number of hydrogen-bond acceptors (Lipinski definition) is 3. The maximum Gasteiger partial charge on any atom is 0.325 e. The standard InChI is InChI=1S/C9H9F2NO2S/c1-15-6-3-4(10)2-5(7(6)11)8(12)9(13)14/h2-3,8H,12H2,1H3,(H,13,14). The molecule has 1 aromatic carbocycles. The molecule has 1 rings (SSSR count). The molecule has 0 aliphatic rings. The highest BCUT2D eigenvalue weighted by molar-refractivity contribution is 7.98. The number of hydrogen-bond donors (Lipinski definition) is 2. The molecule has 15 heavy (non-hydrogen) atoms. The molecule has 0 radical (unpaired) electrons. The number of rotatable bonds is 3. The Balaban J connectivity index is 3.28. The second-order valence-electron chi connectivity index (χ2n) is 2.83. The molecular formula is C9H9F2NO2S. The van der Waals surface area contributed by atoms with Gasteiger partial charge in [-0.3, -0.25) is 4.79 Å². The van der Waals surface area contributed by atoms with Crippen molar-refractivity contribution in [1.82, 2.24) is 0 Å². The molecule has 82 valence electrons. The van der Waals surface area contributed by atoms with E-state index in [4.69, 9.17) is 10.8 Å². The normalized spacial score (nSPS) is 12.5. The van der Waals surface area contributed by atoms with Gasteiger partial charge in [0.25, 0.3) is 0 Å². The van der Waals surface area contributed by atoms with Crippen molar-refractivity contribution in [3.63, 3.8) is 0 Å². The fraction of sp³-hybridized carbons (Fsp3) is 0.222. The second kappa shape index (κ2) is 4.59. The molecule has 1 atom stereocenters. The van der Waals surface area contributed by atoms with Crippen LogP contribution in [0.4, 0.5) is 8.78 Å². The van der Waals surface area contributed by atoms with Gasteiger partial charge in [-0.15, -0.1) is 11.8 Å². The zero-order valence-electron chi connectivity index (χ0n) is 7.83. The van der Waals surface area contributed by atoms with Crippen molar-refractivity contribution in [3.05, 3.63) is 29.3 Å². The topological polar surface area (TPSA) is 63.3 Å².